The highest BCUT2D eigenvalue weighted by molar-refractivity contribution is 7.52. The maximum Gasteiger partial charge on any atom is 0.459 e. The lowest BCUT2D eigenvalue weighted by Crippen LogP contribution is -2.37. The standard InChI is InChI=1S/C26H31N6O6P/c1-15(2)37-25(34)16(3)31-39(35,38-21-10-6-8-18-7-4-5-9-20(18)21)36-13-17-11-19(12-17)32-14-28-22-23(32)29-26(27)30-24(22)33/h4-10,14-17,19H,11-13H2,1-3H3,(H,31,35)(H3,27,29,30,33)/t16-,17?,19?,39?/m0/s1. The van der Waals surface area contributed by atoms with Gasteiger partial charge in [-0.3, -0.25) is 19.1 Å². The number of aromatic amines is 1. The molecule has 1 aliphatic carbocycles. The maximum absolute atomic E-state index is 14.0. The summed E-state index contributed by atoms with van der Waals surface area (Å²) in [5.74, 6) is -0.112. The van der Waals surface area contributed by atoms with Gasteiger partial charge in [0, 0.05) is 11.4 Å². The molecule has 0 radical (unpaired) electrons. The number of nitrogens with zero attached hydrogens (tertiary/aromatic N) is 3. The number of nitrogens with two attached hydrogens (primary N) is 1. The van der Waals surface area contributed by atoms with Gasteiger partial charge >= 0.3 is 13.7 Å². The number of rotatable bonds is 10. The van der Waals surface area contributed by atoms with Gasteiger partial charge in [-0.1, -0.05) is 36.4 Å². The van der Waals surface area contributed by atoms with Gasteiger partial charge in [0.2, 0.25) is 5.95 Å². The van der Waals surface area contributed by atoms with Crippen molar-refractivity contribution in [1.82, 2.24) is 24.6 Å². The van der Waals surface area contributed by atoms with Gasteiger partial charge in [0.25, 0.3) is 5.56 Å². The molecule has 1 fully saturated rings. The molecule has 39 heavy (non-hydrogen) atoms. The number of H-pyrrole nitrogens is 1. The van der Waals surface area contributed by atoms with Crippen molar-refractivity contribution in [2.75, 3.05) is 12.3 Å². The summed E-state index contributed by atoms with van der Waals surface area (Å²) in [5, 5.41) is 4.43. The van der Waals surface area contributed by atoms with Crippen LogP contribution in [0.2, 0.25) is 0 Å². The van der Waals surface area contributed by atoms with Crippen LogP contribution in [0.4, 0.5) is 5.95 Å². The first-order chi connectivity index (χ1) is 18.6. The molecular formula is C26H31N6O6P. The molecule has 0 saturated heterocycles. The van der Waals surface area contributed by atoms with E-state index in [0.717, 1.165) is 10.8 Å². The molecule has 0 bridgehead atoms. The van der Waals surface area contributed by atoms with Crippen LogP contribution in [0.1, 0.15) is 39.7 Å². The van der Waals surface area contributed by atoms with Crippen LogP contribution in [0.3, 0.4) is 0 Å². The molecule has 0 aliphatic heterocycles. The van der Waals surface area contributed by atoms with E-state index in [0.29, 0.717) is 24.2 Å². The molecule has 206 valence electrons. The Hall–Kier alpha value is -3.73. The van der Waals surface area contributed by atoms with E-state index >= 15 is 0 Å². The molecule has 12 nitrogen and oxygen atoms in total. The number of nitrogens with one attached hydrogen (secondary N) is 2. The van der Waals surface area contributed by atoms with Gasteiger partial charge < -0.3 is 19.6 Å². The average Bonchev–Trinajstić information content (AvgIpc) is 3.26. The second kappa shape index (κ2) is 10.8. The van der Waals surface area contributed by atoms with Crippen molar-refractivity contribution in [1.29, 1.82) is 0 Å². The second-order valence-electron chi connectivity index (χ2n) is 9.96. The highest BCUT2D eigenvalue weighted by Gasteiger charge is 2.37. The van der Waals surface area contributed by atoms with Crippen molar-refractivity contribution in [2.45, 2.75) is 51.8 Å². The number of hydrogen-bond donors (Lipinski definition) is 3. The van der Waals surface area contributed by atoms with Gasteiger partial charge in [-0.15, -0.1) is 0 Å². The van der Waals surface area contributed by atoms with E-state index in [2.05, 4.69) is 20.0 Å². The molecule has 4 aromatic rings. The Kier molecular flexibility index (Phi) is 7.44. The number of carbonyl (C=O) groups excluding carboxylic acids is 1. The van der Waals surface area contributed by atoms with Crippen molar-refractivity contribution in [3.63, 3.8) is 0 Å². The summed E-state index contributed by atoms with van der Waals surface area (Å²) >= 11 is 0. The van der Waals surface area contributed by atoms with E-state index < -0.39 is 25.3 Å². The van der Waals surface area contributed by atoms with Crippen LogP contribution in [0.5, 0.6) is 5.75 Å². The third kappa shape index (κ3) is 5.83. The van der Waals surface area contributed by atoms with E-state index in [1.54, 1.807) is 39.2 Å². The van der Waals surface area contributed by atoms with Gasteiger partial charge in [0.1, 0.15) is 11.8 Å². The summed E-state index contributed by atoms with van der Waals surface area (Å²) in [6.45, 7) is 5.16. The van der Waals surface area contributed by atoms with E-state index in [9.17, 15) is 14.2 Å². The third-order valence-electron chi connectivity index (χ3n) is 6.56. The topological polar surface area (TPSA) is 163 Å². The van der Waals surface area contributed by atoms with E-state index in [-0.39, 0.29) is 36.1 Å². The molecule has 13 heteroatoms. The third-order valence-corrected chi connectivity index (χ3v) is 8.19. The van der Waals surface area contributed by atoms with Crippen LogP contribution in [0, 0.1) is 5.92 Å². The van der Waals surface area contributed by atoms with Crippen LogP contribution in [0.25, 0.3) is 21.9 Å². The predicted molar refractivity (Wildman–Crippen MR) is 146 cm³/mol. The molecule has 0 amide bonds. The first kappa shape index (κ1) is 26.9. The van der Waals surface area contributed by atoms with Gasteiger partial charge in [-0.2, -0.15) is 10.1 Å². The van der Waals surface area contributed by atoms with Gasteiger partial charge in [-0.25, -0.2) is 9.55 Å². The first-order valence-corrected chi connectivity index (χ1v) is 14.3. The zero-order valence-electron chi connectivity index (χ0n) is 21.9. The Labute approximate surface area is 224 Å². The maximum atomic E-state index is 14.0. The van der Waals surface area contributed by atoms with Gasteiger partial charge in [0.15, 0.2) is 11.2 Å². The summed E-state index contributed by atoms with van der Waals surface area (Å²) in [5.41, 5.74) is 5.96. The molecule has 1 aliphatic rings. The molecule has 2 aromatic heterocycles. The number of hydrogen-bond acceptors (Lipinski definition) is 9. The number of aromatic nitrogens is 4. The smallest absolute Gasteiger partial charge is 0.459 e. The van der Waals surface area contributed by atoms with Crippen molar-refractivity contribution in [3.8, 4) is 5.75 Å². The van der Waals surface area contributed by atoms with Crippen LogP contribution in [-0.2, 0) is 18.6 Å². The molecule has 2 aromatic carbocycles. The van der Waals surface area contributed by atoms with Crippen molar-refractivity contribution in [2.24, 2.45) is 5.92 Å². The Morgan fingerprint density at radius 1 is 1.21 bits per heavy atom. The lowest BCUT2D eigenvalue weighted by atomic mass is 9.81. The monoisotopic (exact) mass is 554 g/mol. The summed E-state index contributed by atoms with van der Waals surface area (Å²) in [4.78, 5) is 35.4. The first-order valence-electron chi connectivity index (χ1n) is 12.7. The fourth-order valence-electron chi connectivity index (χ4n) is 4.60. The molecule has 4 N–H and O–H groups in total. The minimum atomic E-state index is -4.01. The Morgan fingerprint density at radius 2 is 1.95 bits per heavy atom. The summed E-state index contributed by atoms with van der Waals surface area (Å²) < 4.78 is 33.0. The van der Waals surface area contributed by atoms with E-state index in [1.807, 2.05) is 34.9 Å². The number of carbonyl (C=O) groups is 1. The number of nitrogen functional groups attached to an aromatic ring is 1. The van der Waals surface area contributed by atoms with Crippen molar-refractivity contribution < 1.29 is 23.1 Å². The molecule has 0 spiro atoms. The zero-order valence-corrected chi connectivity index (χ0v) is 22.8. The summed E-state index contributed by atoms with van der Waals surface area (Å²) in [7, 11) is -4.01. The quantitative estimate of drug-likeness (QED) is 0.193. The summed E-state index contributed by atoms with van der Waals surface area (Å²) in [6.07, 6.45) is 2.61. The van der Waals surface area contributed by atoms with Crippen LogP contribution in [-0.4, -0.2) is 44.2 Å². The number of imidazole rings is 1. The minimum absolute atomic E-state index is 0.0242. The normalized spacial score (nSPS) is 19.5. The fourth-order valence-corrected chi connectivity index (χ4v) is 6.18. The van der Waals surface area contributed by atoms with Crippen molar-refractivity contribution >= 4 is 41.6 Å². The number of esters is 1. The number of anilines is 1. The Balaban J connectivity index is 1.30. The Morgan fingerprint density at radius 3 is 2.72 bits per heavy atom. The molecule has 1 unspecified atom stereocenters. The minimum Gasteiger partial charge on any atom is -0.462 e. The van der Waals surface area contributed by atoms with Crippen LogP contribution >= 0.6 is 7.75 Å². The number of ether oxygens (including phenoxy) is 1. The largest absolute Gasteiger partial charge is 0.462 e. The average molecular weight is 555 g/mol. The molecular weight excluding hydrogens is 523 g/mol. The van der Waals surface area contributed by atoms with Gasteiger partial charge in [-0.05, 0) is 51.0 Å². The molecule has 5 rings (SSSR count). The van der Waals surface area contributed by atoms with E-state index in [4.69, 9.17) is 19.5 Å². The predicted octanol–water partition coefficient (Wildman–Crippen LogP) is 3.94. The Bertz CT molecular complexity index is 1610. The van der Waals surface area contributed by atoms with Crippen LogP contribution < -0.4 is 20.9 Å². The summed E-state index contributed by atoms with van der Waals surface area (Å²) in [6, 6.07) is 12.1. The molecule has 2 atom stereocenters. The highest BCUT2D eigenvalue weighted by atomic mass is 31.2. The van der Waals surface area contributed by atoms with Crippen molar-refractivity contribution in [3.05, 3.63) is 59.1 Å². The highest BCUT2D eigenvalue weighted by Crippen LogP contribution is 2.49. The number of benzene rings is 2. The molecule has 1 saturated carbocycles. The van der Waals surface area contributed by atoms with Gasteiger partial charge in [0.05, 0.1) is 19.0 Å². The van der Waals surface area contributed by atoms with E-state index in [1.165, 1.54) is 0 Å². The fraction of sp³-hybridized carbons (Fsp3) is 0.385. The number of fused-ring (bicyclic) bond motifs is 2. The zero-order chi connectivity index (χ0) is 27.7. The lowest BCUT2D eigenvalue weighted by molar-refractivity contribution is -0.149. The lowest BCUT2D eigenvalue weighted by Gasteiger charge is -2.36. The SMILES string of the molecule is CC(C)OC(=O)[C@H](C)NP(=O)(OCC1CC(n2cnc3c(=O)[nH]c(N)nc32)C1)Oc1cccc2ccccc12. The second-order valence-corrected chi connectivity index (χ2v) is 11.7. The molecule has 2 heterocycles. The van der Waals surface area contributed by atoms with Crippen LogP contribution in [0.15, 0.2) is 53.6 Å².